The molecule has 0 aliphatic carbocycles. The van der Waals surface area contributed by atoms with E-state index in [2.05, 4.69) is 31.9 Å². The molecular formula is C8H16Br2O. The van der Waals surface area contributed by atoms with E-state index in [1.54, 1.807) is 0 Å². The Bertz CT molecular complexity index is 78.5. The summed E-state index contributed by atoms with van der Waals surface area (Å²) in [5, 5.41) is 11.4. The summed E-state index contributed by atoms with van der Waals surface area (Å²) < 4.78 is 0. The van der Waals surface area contributed by atoms with E-state index in [4.69, 9.17) is 0 Å². The van der Waals surface area contributed by atoms with Gasteiger partial charge in [-0.2, -0.15) is 0 Å². The maximum Gasteiger partial charge on any atom is 0.0540 e. The fourth-order valence-electron chi connectivity index (χ4n) is 0.932. The van der Waals surface area contributed by atoms with Crippen molar-refractivity contribution in [3.05, 3.63) is 0 Å². The second-order valence-electron chi connectivity index (χ2n) is 2.67. The zero-order valence-electron chi connectivity index (χ0n) is 6.73. The lowest BCUT2D eigenvalue weighted by Crippen LogP contribution is -2.06. The molecule has 0 spiro atoms. The molecule has 0 bridgehead atoms. The Morgan fingerprint density at radius 2 is 1.45 bits per heavy atom. The molecule has 0 heterocycles. The Kier molecular flexibility index (Phi) is 9.77. The molecule has 1 N–H and O–H groups in total. The van der Waals surface area contributed by atoms with Crippen LogP contribution in [0.1, 0.15) is 32.1 Å². The lowest BCUT2D eigenvalue weighted by Gasteiger charge is -2.07. The van der Waals surface area contributed by atoms with Crippen LogP contribution in [-0.2, 0) is 0 Å². The van der Waals surface area contributed by atoms with Gasteiger partial charge in [-0.3, -0.25) is 0 Å². The maximum absolute atomic E-state index is 9.37. The Hall–Kier alpha value is 0.920. The third-order valence-corrected chi connectivity index (χ3v) is 2.71. The molecule has 0 aliphatic heterocycles. The van der Waals surface area contributed by atoms with Crippen LogP contribution < -0.4 is 0 Å². The number of aliphatic hydroxyl groups excluding tert-OH is 1. The average molecular weight is 288 g/mol. The largest absolute Gasteiger partial charge is 0.393 e. The lowest BCUT2D eigenvalue weighted by molar-refractivity contribution is 0.151. The van der Waals surface area contributed by atoms with E-state index in [-0.39, 0.29) is 6.10 Å². The summed E-state index contributed by atoms with van der Waals surface area (Å²) in [5.74, 6) is 0. The van der Waals surface area contributed by atoms with Crippen molar-refractivity contribution in [2.24, 2.45) is 0 Å². The molecule has 1 unspecified atom stereocenters. The molecule has 0 fully saturated rings. The highest BCUT2D eigenvalue weighted by Gasteiger charge is 2.01. The number of aliphatic hydroxyl groups is 1. The summed E-state index contributed by atoms with van der Waals surface area (Å²) >= 11 is 6.70. The molecule has 0 amide bonds. The molecule has 0 saturated heterocycles. The van der Waals surface area contributed by atoms with Crippen LogP contribution in [-0.4, -0.2) is 21.9 Å². The Labute approximate surface area is 85.8 Å². The number of halogens is 2. The van der Waals surface area contributed by atoms with Crippen molar-refractivity contribution in [2.75, 3.05) is 10.7 Å². The molecule has 1 atom stereocenters. The van der Waals surface area contributed by atoms with E-state index >= 15 is 0 Å². The van der Waals surface area contributed by atoms with Gasteiger partial charge in [0.15, 0.2) is 0 Å². The third kappa shape index (κ3) is 8.83. The van der Waals surface area contributed by atoms with E-state index in [1.165, 1.54) is 6.42 Å². The summed E-state index contributed by atoms with van der Waals surface area (Å²) in [6.45, 7) is 0. The summed E-state index contributed by atoms with van der Waals surface area (Å²) in [6, 6.07) is 0. The molecule has 0 aromatic carbocycles. The van der Waals surface area contributed by atoms with Gasteiger partial charge in [-0.25, -0.2) is 0 Å². The predicted octanol–water partition coefficient (Wildman–Crippen LogP) is 3.09. The van der Waals surface area contributed by atoms with Crippen molar-refractivity contribution in [3.8, 4) is 0 Å². The zero-order valence-corrected chi connectivity index (χ0v) is 9.90. The second kappa shape index (κ2) is 9.01. The van der Waals surface area contributed by atoms with Gasteiger partial charge in [0.1, 0.15) is 0 Å². The van der Waals surface area contributed by atoms with Crippen molar-refractivity contribution >= 4 is 31.9 Å². The quantitative estimate of drug-likeness (QED) is 0.564. The van der Waals surface area contributed by atoms with Crippen LogP contribution in [0.4, 0.5) is 0 Å². The van der Waals surface area contributed by atoms with Gasteiger partial charge in [-0.15, -0.1) is 0 Å². The SMILES string of the molecule is OC(CCCBr)CCCCBr. The highest BCUT2D eigenvalue weighted by molar-refractivity contribution is 9.09. The van der Waals surface area contributed by atoms with E-state index in [9.17, 15) is 5.11 Å². The van der Waals surface area contributed by atoms with E-state index < -0.39 is 0 Å². The molecule has 68 valence electrons. The van der Waals surface area contributed by atoms with Crippen LogP contribution in [0.5, 0.6) is 0 Å². The first-order valence-corrected chi connectivity index (χ1v) is 6.35. The smallest absolute Gasteiger partial charge is 0.0540 e. The fraction of sp³-hybridized carbons (Fsp3) is 1.00. The van der Waals surface area contributed by atoms with Gasteiger partial charge in [0.2, 0.25) is 0 Å². The molecule has 0 rings (SSSR count). The predicted molar refractivity (Wildman–Crippen MR) is 56.7 cm³/mol. The first kappa shape index (κ1) is 11.9. The molecule has 0 aliphatic rings. The third-order valence-electron chi connectivity index (χ3n) is 1.59. The van der Waals surface area contributed by atoms with Crippen molar-refractivity contribution in [1.82, 2.24) is 0 Å². The summed E-state index contributed by atoms with van der Waals surface area (Å²) in [4.78, 5) is 0. The van der Waals surface area contributed by atoms with Gasteiger partial charge in [-0.05, 0) is 25.7 Å². The summed E-state index contributed by atoms with van der Waals surface area (Å²) in [5.41, 5.74) is 0. The highest BCUT2D eigenvalue weighted by Crippen LogP contribution is 2.08. The van der Waals surface area contributed by atoms with Crippen molar-refractivity contribution in [1.29, 1.82) is 0 Å². The second-order valence-corrected chi connectivity index (χ2v) is 4.26. The van der Waals surface area contributed by atoms with Gasteiger partial charge in [0.25, 0.3) is 0 Å². The molecule has 3 heteroatoms. The first-order chi connectivity index (χ1) is 5.31. The molecule has 0 radical (unpaired) electrons. The van der Waals surface area contributed by atoms with Gasteiger partial charge in [-0.1, -0.05) is 38.3 Å². The normalized spacial score (nSPS) is 13.4. The Morgan fingerprint density at radius 3 is 2.00 bits per heavy atom. The van der Waals surface area contributed by atoms with Crippen molar-refractivity contribution in [2.45, 2.75) is 38.2 Å². The van der Waals surface area contributed by atoms with Gasteiger partial charge in [0, 0.05) is 10.7 Å². The molecule has 11 heavy (non-hydrogen) atoms. The van der Waals surface area contributed by atoms with Crippen LogP contribution in [0, 0.1) is 0 Å². The number of hydrogen-bond acceptors (Lipinski definition) is 1. The van der Waals surface area contributed by atoms with Crippen LogP contribution in [0.25, 0.3) is 0 Å². The van der Waals surface area contributed by atoms with Gasteiger partial charge < -0.3 is 5.11 Å². The van der Waals surface area contributed by atoms with Gasteiger partial charge in [0.05, 0.1) is 6.10 Å². The molecule has 0 aromatic heterocycles. The topological polar surface area (TPSA) is 20.2 Å². The van der Waals surface area contributed by atoms with E-state index in [0.29, 0.717) is 0 Å². The van der Waals surface area contributed by atoms with Crippen molar-refractivity contribution in [3.63, 3.8) is 0 Å². The fourth-order valence-corrected chi connectivity index (χ4v) is 1.65. The molecule has 0 aromatic rings. The number of rotatable bonds is 7. The zero-order chi connectivity index (χ0) is 8.53. The van der Waals surface area contributed by atoms with Crippen molar-refractivity contribution < 1.29 is 5.11 Å². The number of unbranched alkanes of at least 4 members (excludes halogenated alkanes) is 1. The molecular weight excluding hydrogens is 272 g/mol. The molecule has 0 saturated carbocycles. The van der Waals surface area contributed by atoms with E-state index in [1.807, 2.05) is 0 Å². The minimum absolute atomic E-state index is 0.0772. The lowest BCUT2D eigenvalue weighted by atomic mass is 10.1. The molecule has 1 nitrogen and oxygen atoms in total. The highest BCUT2D eigenvalue weighted by atomic mass is 79.9. The minimum atomic E-state index is -0.0772. The standard InChI is InChI=1S/C8H16Br2O/c9-6-2-1-4-8(11)5-3-7-10/h8,11H,1-7H2. The van der Waals surface area contributed by atoms with Crippen LogP contribution in [0.15, 0.2) is 0 Å². The number of alkyl halides is 2. The van der Waals surface area contributed by atoms with Crippen LogP contribution >= 0.6 is 31.9 Å². The summed E-state index contributed by atoms with van der Waals surface area (Å²) in [7, 11) is 0. The Morgan fingerprint density at radius 1 is 0.909 bits per heavy atom. The average Bonchev–Trinajstić information content (AvgIpc) is 2.01. The number of hydrogen-bond donors (Lipinski definition) is 1. The summed E-state index contributed by atoms with van der Waals surface area (Å²) in [6.07, 6.45) is 5.20. The monoisotopic (exact) mass is 286 g/mol. The van der Waals surface area contributed by atoms with Gasteiger partial charge >= 0.3 is 0 Å². The minimum Gasteiger partial charge on any atom is -0.393 e. The van der Waals surface area contributed by atoms with Crippen LogP contribution in [0.2, 0.25) is 0 Å². The maximum atomic E-state index is 9.37. The Balaban J connectivity index is 3.02. The van der Waals surface area contributed by atoms with Crippen LogP contribution in [0.3, 0.4) is 0 Å². The van der Waals surface area contributed by atoms with E-state index in [0.717, 1.165) is 36.3 Å². The first-order valence-electron chi connectivity index (χ1n) is 4.11.